The van der Waals surface area contributed by atoms with Crippen molar-refractivity contribution in [3.63, 3.8) is 0 Å². The summed E-state index contributed by atoms with van der Waals surface area (Å²) in [6, 6.07) is 0. The van der Waals surface area contributed by atoms with Gasteiger partial charge in [0.1, 0.15) is 0 Å². The zero-order valence-corrected chi connectivity index (χ0v) is 12.5. The van der Waals surface area contributed by atoms with Gasteiger partial charge in [-0.25, -0.2) is 0 Å². The third kappa shape index (κ3) is 2.65. The topological polar surface area (TPSA) is 0 Å². The van der Waals surface area contributed by atoms with Crippen LogP contribution < -0.4 is 0 Å². The maximum absolute atomic E-state index is 13.3. The predicted molar refractivity (Wildman–Crippen MR) is 48.7 cm³/mol. The van der Waals surface area contributed by atoms with Gasteiger partial charge in [0.25, 0.3) is 0 Å². The van der Waals surface area contributed by atoms with Crippen LogP contribution in [0.4, 0.5) is 43.9 Å². The molecule has 0 radical (unpaired) electrons. The molecule has 0 aromatic carbocycles. The van der Waals surface area contributed by atoms with E-state index >= 15 is 0 Å². The Kier molecular flexibility index (Phi) is 5.16. The first-order chi connectivity index (χ1) is 8.12. The summed E-state index contributed by atoms with van der Waals surface area (Å²) in [6.07, 6.45) is -12.8. The van der Waals surface area contributed by atoms with Crippen molar-refractivity contribution >= 4 is 18.4 Å². The van der Waals surface area contributed by atoms with Crippen LogP contribution in [0.25, 0.3) is 0 Å². The quantitative estimate of drug-likeness (QED) is 0.451. The second-order valence-electron chi connectivity index (χ2n) is 3.93. The van der Waals surface area contributed by atoms with E-state index in [0.717, 1.165) is 0 Å². The summed E-state index contributed by atoms with van der Waals surface area (Å²) in [6.45, 7) is 1.05. The van der Waals surface area contributed by atoms with Crippen molar-refractivity contribution in [2.75, 3.05) is 0 Å². The predicted octanol–water partition coefficient (Wildman–Crippen LogP) is 4.95. The van der Waals surface area contributed by atoms with E-state index in [9.17, 15) is 43.9 Å². The van der Waals surface area contributed by atoms with Crippen molar-refractivity contribution in [3.8, 4) is 0 Å². The van der Waals surface area contributed by atoms with Crippen LogP contribution in [0.5, 0.6) is 0 Å². The van der Waals surface area contributed by atoms with Crippen LogP contribution in [-0.4, -0.2) is 38.6 Å². The normalized spacial score (nSPS) is 15.8. The van der Waals surface area contributed by atoms with Gasteiger partial charge >= 0.3 is 105 Å². The summed E-state index contributed by atoms with van der Waals surface area (Å²) in [5, 5.41) is 0. The molecule has 0 bridgehead atoms. The standard InChI is InChI=1S/2C2F5.2C2H5.Sn/c2*3-1(4)2(5,6)7;2*1-2;/h;;2*1H2,2H3;. The zero-order valence-electron chi connectivity index (χ0n) is 9.69. The van der Waals surface area contributed by atoms with Crippen molar-refractivity contribution < 1.29 is 43.9 Å². The summed E-state index contributed by atoms with van der Waals surface area (Å²) in [7, 11) is 0. The van der Waals surface area contributed by atoms with E-state index < -0.39 is 47.5 Å². The Morgan fingerprint density at radius 1 is 0.579 bits per heavy atom. The molecule has 11 heteroatoms. The van der Waals surface area contributed by atoms with E-state index in [1.54, 1.807) is 0 Å². The van der Waals surface area contributed by atoms with E-state index in [4.69, 9.17) is 0 Å². The van der Waals surface area contributed by atoms with Gasteiger partial charge in [0.15, 0.2) is 0 Å². The third-order valence-electron chi connectivity index (χ3n) is 3.12. The molecule has 0 N–H and O–H groups in total. The molecule has 116 valence electrons. The molecular formula is C8H10F10Sn. The molecule has 0 aliphatic heterocycles. The minimum atomic E-state index is -7.31. The maximum atomic E-state index is 13.3. The van der Waals surface area contributed by atoms with Gasteiger partial charge in [0, 0.05) is 0 Å². The van der Waals surface area contributed by atoms with Crippen molar-refractivity contribution in [2.45, 2.75) is 43.0 Å². The summed E-state index contributed by atoms with van der Waals surface area (Å²) in [5.41, 5.74) is 0. The second-order valence-corrected chi connectivity index (χ2v) is 17.7. The molecule has 0 aliphatic carbocycles. The van der Waals surface area contributed by atoms with Crippen LogP contribution in [0.3, 0.4) is 0 Å². The van der Waals surface area contributed by atoms with E-state index in [2.05, 4.69) is 0 Å². The fraction of sp³-hybridized carbons (Fsp3) is 1.00. The number of rotatable bonds is 4. The SMILES string of the molecule is C[CH2][Sn]([CH2]C)([C](F)(F)C(F)(F)F)[C](F)(F)C(F)(F)F. The van der Waals surface area contributed by atoms with Gasteiger partial charge in [-0.3, -0.25) is 0 Å². The molecule has 0 aromatic heterocycles. The molecule has 0 rings (SSSR count). The molecule has 0 saturated carbocycles. The fourth-order valence-electron chi connectivity index (χ4n) is 1.88. The zero-order chi connectivity index (χ0) is 15.9. The molecule has 0 amide bonds. The molecule has 0 aliphatic rings. The van der Waals surface area contributed by atoms with Crippen LogP contribution in [0.1, 0.15) is 13.8 Å². The number of halogens is 10. The molecule has 0 nitrogen and oxygen atoms in total. The monoisotopic (exact) mass is 416 g/mol. The van der Waals surface area contributed by atoms with Crippen LogP contribution in [0.15, 0.2) is 0 Å². The average Bonchev–Trinajstić information content (AvgIpc) is 2.15. The molecule has 0 saturated heterocycles. The van der Waals surface area contributed by atoms with Crippen molar-refractivity contribution in [2.24, 2.45) is 0 Å². The molecule has 0 unspecified atom stereocenters. The summed E-state index contributed by atoms with van der Waals surface area (Å²) < 4.78 is 111. The Morgan fingerprint density at radius 2 is 0.789 bits per heavy atom. The van der Waals surface area contributed by atoms with Gasteiger partial charge in [-0.15, -0.1) is 0 Å². The Labute approximate surface area is 106 Å². The molecule has 0 aromatic rings. The summed E-state index contributed by atoms with van der Waals surface area (Å²) >= 11 is -7.31. The van der Waals surface area contributed by atoms with Gasteiger partial charge in [-0.05, 0) is 0 Å². The first-order valence-electron chi connectivity index (χ1n) is 5.01. The molecule has 0 atom stereocenters. The van der Waals surface area contributed by atoms with Gasteiger partial charge < -0.3 is 0 Å². The van der Waals surface area contributed by atoms with Gasteiger partial charge in [0.05, 0.1) is 0 Å². The molecule has 0 spiro atoms. The molecule has 0 fully saturated rings. The van der Waals surface area contributed by atoms with Gasteiger partial charge in [-0.2, -0.15) is 0 Å². The number of alkyl halides is 10. The number of hydrogen-bond donors (Lipinski definition) is 0. The van der Waals surface area contributed by atoms with Crippen LogP contribution in [0, 0.1) is 0 Å². The summed E-state index contributed by atoms with van der Waals surface area (Å²) in [5.74, 6) is 0. The van der Waals surface area contributed by atoms with Crippen molar-refractivity contribution in [3.05, 3.63) is 0 Å². The van der Waals surface area contributed by atoms with Gasteiger partial charge in [0.2, 0.25) is 0 Å². The molecular weight excluding hydrogens is 405 g/mol. The molecule has 0 heterocycles. The van der Waals surface area contributed by atoms with E-state index in [0.29, 0.717) is 13.8 Å². The van der Waals surface area contributed by atoms with Crippen LogP contribution in [-0.2, 0) is 0 Å². The summed E-state index contributed by atoms with van der Waals surface area (Å²) in [4.78, 5) is 0. The number of hydrogen-bond acceptors (Lipinski definition) is 0. The first kappa shape index (κ1) is 19.1. The Hall–Kier alpha value is 0.0987. The third-order valence-corrected chi connectivity index (χ3v) is 18.5. The van der Waals surface area contributed by atoms with E-state index in [-0.39, 0.29) is 0 Å². The Balaban J connectivity index is 6.19. The fourth-order valence-corrected chi connectivity index (χ4v) is 12.6. The van der Waals surface area contributed by atoms with Crippen LogP contribution in [0.2, 0.25) is 8.87 Å². The van der Waals surface area contributed by atoms with Crippen molar-refractivity contribution in [1.29, 1.82) is 0 Å². The second kappa shape index (κ2) is 5.14. The van der Waals surface area contributed by atoms with Crippen LogP contribution >= 0.6 is 0 Å². The average molecular weight is 415 g/mol. The minimum absolute atomic E-state index is 0.527. The molecule has 19 heavy (non-hydrogen) atoms. The van der Waals surface area contributed by atoms with Crippen molar-refractivity contribution in [1.82, 2.24) is 0 Å². The first-order valence-corrected chi connectivity index (χ1v) is 11.9. The van der Waals surface area contributed by atoms with E-state index in [1.165, 1.54) is 0 Å². The van der Waals surface area contributed by atoms with Gasteiger partial charge in [-0.1, -0.05) is 0 Å². The Morgan fingerprint density at radius 3 is 0.895 bits per heavy atom. The Bertz CT molecular complexity index is 282. The van der Waals surface area contributed by atoms with E-state index in [1.807, 2.05) is 0 Å².